The van der Waals surface area contributed by atoms with Gasteiger partial charge in [0.25, 0.3) is 9.76 Å². The van der Waals surface area contributed by atoms with E-state index in [1.54, 1.807) is 6.07 Å². The summed E-state index contributed by atoms with van der Waals surface area (Å²) in [4.78, 5) is 9.45. The molecule has 0 bridgehead atoms. The van der Waals surface area contributed by atoms with Gasteiger partial charge in [-0.25, -0.2) is 4.21 Å². The molecule has 1 aromatic carbocycles. The molecular formula is C10H14O3S2Si. The molecule has 16 heavy (non-hydrogen) atoms. The maximum atomic E-state index is 11.4. The van der Waals surface area contributed by atoms with Crippen molar-refractivity contribution < 1.29 is 13.6 Å². The van der Waals surface area contributed by atoms with Crippen LogP contribution in [0.2, 0.25) is 0 Å². The Hall–Kier alpha value is -0.273. The van der Waals surface area contributed by atoms with E-state index < -0.39 is 8.77 Å². The summed E-state index contributed by atoms with van der Waals surface area (Å²) in [6.45, 7) is 3.95. The van der Waals surface area contributed by atoms with E-state index in [0.29, 0.717) is 5.19 Å². The molecule has 1 atom stereocenters. The number of aryl methyl sites for hydroxylation is 1. The fourth-order valence-electron chi connectivity index (χ4n) is 1.54. The first-order valence-electron chi connectivity index (χ1n) is 4.91. The maximum absolute atomic E-state index is 11.4. The molecule has 0 spiro atoms. The monoisotopic (exact) mass is 274 g/mol. The lowest BCUT2D eigenvalue weighted by Gasteiger charge is -2.11. The predicted octanol–water partition coefficient (Wildman–Crippen LogP) is 0.763. The number of hydrogen-bond acceptors (Lipinski definition) is 3. The molecule has 0 heterocycles. The molecule has 6 heteroatoms. The van der Waals surface area contributed by atoms with Gasteiger partial charge in [0.15, 0.2) is 8.77 Å². The van der Waals surface area contributed by atoms with Crippen molar-refractivity contribution in [3.63, 3.8) is 0 Å². The van der Waals surface area contributed by atoms with Crippen LogP contribution in [0.25, 0.3) is 0 Å². The lowest BCUT2D eigenvalue weighted by molar-refractivity contribution is 0.561. The first kappa shape index (κ1) is 13.8. The molecule has 3 nitrogen and oxygen atoms in total. The van der Waals surface area contributed by atoms with Gasteiger partial charge in [0.2, 0.25) is 0 Å². The standard InChI is InChI=1S/C10H14O3S2Si/c1-3-4-8-5-9(15(11,12)14)6-10(16-13)7(8)2/h5-6,13H,3-4H2,1-2H3,(H,11,12,14). The Labute approximate surface area is 103 Å². The molecule has 0 aliphatic rings. The van der Waals surface area contributed by atoms with Gasteiger partial charge in [-0.05, 0) is 41.8 Å². The van der Waals surface area contributed by atoms with Crippen LogP contribution in [0.1, 0.15) is 24.5 Å². The van der Waals surface area contributed by atoms with Gasteiger partial charge in [0.05, 0.1) is 4.90 Å². The molecule has 1 unspecified atom stereocenters. The third kappa shape index (κ3) is 3.11. The minimum Gasteiger partial charge on any atom is -0.428 e. The quantitative estimate of drug-likeness (QED) is 0.796. The van der Waals surface area contributed by atoms with Crippen LogP contribution in [0.3, 0.4) is 0 Å². The van der Waals surface area contributed by atoms with Gasteiger partial charge < -0.3 is 9.35 Å². The van der Waals surface area contributed by atoms with Crippen LogP contribution in [-0.2, 0) is 26.4 Å². The van der Waals surface area contributed by atoms with Crippen LogP contribution in [0.15, 0.2) is 17.0 Å². The Kier molecular flexibility index (Phi) is 4.63. The first-order chi connectivity index (χ1) is 7.40. The lowest BCUT2D eigenvalue weighted by atomic mass is 10.0. The smallest absolute Gasteiger partial charge is 0.265 e. The number of benzene rings is 1. The van der Waals surface area contributed by atoms with Crippen LogP contribution in [0, 0.1) is 6.92 Å². The van der Waals surface area contributed by atoms with E-state index >= 15 is 0 Å². The topological polar surface area (TPSA) is 57.5 Å². The highest BCUT2D eigenvalue weighted by molar-refractivity contribution is 8.29. The molecule has 0 aliphatic carbocycles. The van der Waals surface area contributed by atoms with E-state index in [1.165, 1.54) is 6.07 Å². The van der Waals surface area contributed by atoms with Crippen molar-refractivity contribution in [2.24, 2.45) is 0 Å². The zero-order valence-electron chi connectivity index (χ0n) is 9.19. The fraction of sp³-hybridized carbons (Fsp3) is 0.400. The van der Waals surface area contributed by atoms with Crippen LogP contribution < -0.4 is 5.19 Å². The molecule has 1 aromatic rings. The van der Waals surface area contributed by atoms with Crippen molar-refractivity contribution in [1.29, 1.82) is 0 Å². The molecule has 2 N–H and O–H groups in total. The van der Waals surface area contributed by atoms with E-state index in [1.807, 2.05) is 13.8 Å². The average molecular weight is 274 g/mol. The van der Waals surface area contributed by atoms with Gasteiger partial charge in [-0.2, -0.15) is 0 Å². The molecular weight excluding hydrogens is 260 g/mol. The van der Waals surface area contributed by atoms with Crippen molar-refractivity contribution >= 4 is 34.9 Å². The van der Waals surface area contributed by atoms with Gasteiger partial charge in [0, 0.05) is 11.2 Å². The number of rotatable bonds is 4. The van der Waals surface area contributed by atoms with Gasteiger partial charge in [0.1, 0.15) is 0 Å². The Bertz CT molecular complexity index is 483. The highest BCUT2D eigenvalue weighted by atomic mass is 32.8. The zero-order chi connectivity index (χ0) is 12.3. The molecule has 0 saturated heterocycles. The molecule has 88 valence electrons. The molecule has 0 saturated carbocycles. The van der Waals surface area contributed by atoms with E-state index in [-0.39, 0.29) is 14.7 Å². The van der Waals surface area contributed by atoms with E-state index in [2.05, 4.69) is 11.2 Å². The van der Waals surface area contributed by atoms with Crippen LogP contribution in [0.4, 0.5) is 0 Å². The minimum atomic E-state index is -3.37. The maximum Gasteiger partial charge on any atom is 0.265 e. The summed E-state index contributed by atoms with van der Waals surface area (Å²) in [6, 6.07) is 3.21. The van der Waals surface area contributed by atoms with Gasteiger partial charge in [-0.3, -0.25) is 0 Å². The van der Waals surface area contributed by atoms with Gasteiger partial charge in [-0.1, -0.05) is 13.3 Å². The first-order valence-corrected chi connectivity index (χ1v) is 8.30. The number of hydrogen-bond donors (Lipinski definition) is 2. The van der Waals surface area contributed by atoms with Crippen LogP contribution in [0.5, 0.6) is 0 Å². The fourth-order valence-corrected chi connectivity index (χ4v) is 3.04. The van der Waals surface area contributed by atoms with E-state index in [9.17, 15) is 13.6 Å². The molecule has 0 amide bonds. The minimum absolute atomic E-state index is 0.230. The van der Waals surface area contributed by atoms with E-state index in [0.717, 1.165) is 24.0 Å². The second-order valence-electron chi connectivity index (χ2n) is 3.59. The van der Waals surface area contributed by atoms with Crippen molar-refractivity contribution in [2.45, 2.75) is 31.6 Å². The van der Waals surface area contributed by atoms with Crippen molar-refractivity contribution in [1.82, 2.24) is 0 Å². The highest BCUT2D eigenvalue weighted by Crippen LogP contribution is 2.15. The second-order valence-corrected chi connectivity index (χ2v) is 7.13. The summed E-state index contributed by atoms with van der Waals surface area (Å²) in [5, 5.41) is 0.701. The summed E-state index contributed by atoms with van der Waals surface area (Å²) in [6.07, 6.45) is 1.77. The van der Waals surface area contributed by atoms with Crippen molar-refractivity contribution in [2.75, 3.05) is 0 Å². The molecule has 2 radical (unpaired) electrons. The van der Waals surface area contributed by atoms with Crippen LogP contribution in [-0.4, -0.2) is 23.3 Å². The predicted molar refractivity (Wildman–Crippen MR) is 69.2 cm³/mol. The largest absolute Gasteiger partial charge is 0.428 e. The summed E-state index contributed by atoms with van der Waals surface area (Å²) < 4.78 is 20.8. The third-order valence-electron chi connectivity index (χ3n) is 2.43. The summed E-state index contributed by atoms with van der Waals surface area (Å²) in [7, 11) is -3.74. The molecule has 0 aliphatic heterocycles. The van der Waals surface area contributed by atoms with Gasteiger partial charge >= 0.3 is 0 Å². The van der Waals surface area contributed by atoms with Crippen LogP contribution >= 0.6 is 0 Å². The van der Waals surface area contributed by atoms with Gasteiger partial charge in [-0.15, -0.1) is 0 Å². The lowest BCUT2D eigenvalue weighted by Crippen LogP contribution is -2.20. The third-order valence-corrected chi connectivity index (χ3v) is 4.60. The zero-order valence-corrected chi connectivity index (χ0v) is 11.8. The molecule has 0 fully saturated rings. The molecule has 1 rings (SSSR count). The molecule has 0 aromatic heterocycles. The van der Waals surface area contributed by atoms with Crippen molar-refractivity contribution in [3.8, 4) is 0 Å². The second kappa shape index (κ2) is 5.37. The Morgan fingerprint density at radius 2 is 2.12 bits per heavy atom. The SMILES string of the molecule is CCCc1cc(S(=O)(O)=S)cc([Si]O)c1C. The van der Waals surface area contributed by atoms with E-state index in [4.69, 9.17) is 0 Å². The summed E-state index contributed by atoms with van der Waals surface area (Å²) in [5.74, 6) is 0. The highest BCUT2D eigenvalue weighted by Gasteiger charge is 2.12. The Morgan fingerprint density at radius 1 is 1.50 bits per heavy atom. The summed E-state index contributed by atoms with van der Waals surface area (Å²) >= 11 is 4.55. The van der Waals surface area contributed by atoms with Crippen molar-refractivity contribution in [3.05, 3.63) is 23.3 Å². The Morgan fingerprint density at radius 3 is 2.56 bits per heavy atom. The normalized spacial score (nSPS) is 14.8. The Balaban J connectivity index is 3.40. The summed E-state index contributed by atoms with van der Waals surface area (Å²) in [5.41, 5.74) is 1.98. The average Bonchev–Trinajstić information content (AvgIpc) is 2.19.